The maximum absolute atomic E-state index is 12.6. The molecule has 0 radical (unpaired) electrons. The molecular weight excluding hydrogens is 136 g/mol. The minimum Gasteiger partial charge on any atom is -0.328 e. The molecule has 58 valence electrons. The molecule has 0 aromatic rings. The molecule has 2 aliphatic rings. The molecule has 0 amide bonds. The van der Waals surface area contributed by atoms with E-state index in [-0.39, 0.29) is 17.9 Å². The summed E-state index contributed by atoms with van der Waals surface area (Å²) < 4.78 is 25.2. The lowest BCUT2D eigenvalue weighted by Gasteiger charge is -2.13. The van der Waals surface area contributed by atoms with Crippen LogP contribution in [0.4, 0.5) is 8.78 Å². The first-order valence-electron chi connectivity index (χ1n) is 3.75. The normalized spacial score (nSPS) is 50.1. The van der Waals surface area contributed by atoms with Crippen molar-refractivity contribution in [2.75, 3.05) is 0 Å². The van der Waals surface area contributed by atoms with Crippen molar-refractivity contribution in [3.63, 3.8) is 0 Å². The van der Waals surface area contributed by atoms with Crippen LogP contribution in [0.1, 0.15) is 19.3 Å². The first kappa shape index (κ1) is 6.53. The van der Waals surface area contributed by atoms with Crippen LogP contribution in [0.2, 0.25) is 0 Å². The minimum absolute atomic E-state index is 0.0367. The minimum atomic E-state index is -2.35. The van der Waals surface area contributed by atoms with Gasteiger partial charge in [0.05, 0.1) is 0 Å². The Morgan fingerprint density at radius 1 is 1.20 bits per heavy atom. The predicted molar refractivity (Wildman–Crippen MR) is 33.8 cm³/mol. The van der Waals surface area contributed by atoms with Crippen molar-refractivity contribution in [3.05, 3.63) is 0 Å². The molecule has 1 nitrogen and oxygen atoms in total. The monoisotopic (exact) mass is 147 g/mol. The molecule has 0 aromatic heterocycles. The molecule has 2 N–H and O–H groups in total. The number of nitrogens with two attached hydrogens (primary N) is 1. The quantitative estimate of drug-likeness (QED) is 0.550. The largest absolute Gasteiger partial charge is 0.328 e. The first-order chi connectivity index (χ1) is 4.62. The summed E-state index contributed by atoms with van der Waals surface area (Å²) in [4.78, 5) is 0. The lowest BCUT2D eigenvalue weighted by Crippen LogP contribution is -2.23. The van der Waals surface area contributed by atoms with Crippen LogP contribution in [0.3, 0.4) is 0 Å². The third-order valence-corrected chi connectivity index (χ3v) is 2.77. The van der Waals surface area contributed by atoms with Crippen molar-refractivity contribution in [2.24, 2.45) is 17.6 Å². The molecule has 0 bridgehead atoms. The zero-order valence-corrected chi connectivity index (χ0v) is 5.69. The third-order valence-electron chi connectivity index (χ3n) is 2.77. The summed E-state index contributed by atoms with van der Waals surface area (Å²) >= 11 is 0. The number of alkyl halides is 2. The van der Waals surface area contributed by atoms with Gasteiger partial charge in [-0.1, -0.05) is 0 Å². The van der Waals surface area contributed by atoms with Crippen molar-refractivity contribution in [3.8, 4) is 0 Å². The number of hydrogen-bond acceptors (Lipinski definition) is 1. The summed E-state index contributed by atoms with van der Waals surface area (Å²) in [5.41, 5.74) is 5.54. The maximum atomic E-state index is 12.6. The summed E-state index contributed by atoms with van der Waals surface area (Å²) in [6.07, 6.45) is 1.97. The van der Waals surface area contributed by atoms with Gasteiger partial charge in [-0.15, -0.1) is 0 Å². The van der Waals surface area contributed by atoms with E-state index in [2.05, 4.69) is 0 Å². The van der Waals surface area contributed by atoms with Gasteiger partial charge in [-0.2, -0.15) is 0 Å². The van der Waals surface area contributed by atoms with E-state index in [9.17, 15) is 8.78 Å². The highest BCUT2D eigenvalue weighted by atomic mass is 19.3. The Labute approximate surface area is 58.6 Å². The van der Waals surface area contributed by atoms with Gasteiger partial charge >= 0.3 is 0 Å². The van der Waals surface area contributed by atoms with Crippen LogP contribution in [-0.2, 0) is 0 Å². The standard InChI is InChI=1S/C7H11F2N/c8-7(9)5-2-1-4(10)3-6(5)7/h4-6H,1-3,10H2/t4-,5+,6+/m1/s1. The first-order valence-corrected chi connectivity index (χ1v) is 3.75. The smallest absolute Gasteiger partial charge is 0.254 e. The van der Waals surface area contributed by atoms with Crippen LogP contribution in [0.5, 0.6) is 0 Å². The molecule has 0 spiro atoms. The fourth-order valence-corrected chi connectivity index (χ4v) is 2.01. The second-order valence-electron chi connectivity index (χ2n) is 3.46. The van der Waals surface area contributed by atoms with Crippen LogP contribution in [0, 0.1) is 11.8 Å². The highest BCUT2D eigenvalue weighted by Crippen LogP contribution is 2.61. The molecule has 3 atom stereocenters. The van der Waals surface area contributed by atoms with Gasteiger partial charge in [0.2, 0.25) is 0 Å². The SMILES string of the molecule is N[C@@H]1CC[C@H]2[C@H](C1)C2(F)F. The van der Waals surface area contributed by atoms with Gasteiger partial charge in [0.15, 0.2) is 0 Å². The summed E-state index contributed by atoms with van der Waals surface area (Å²) in [5, 5.41) is 0. The lowest BCUT2D eigenvalue weighted by atomic mass is 9.97. The molecular formula is C7H11F2N. The van der Waals surface area contributed by atoms with Crippen LogP contribution < -0.4 is 5.73 Å². The van der Waals surface area contributed by atoms with E-state index in [1.54, 1.807) is 0 Å². The predicted octanol–water partition coefficient (Wildman–Crippen LogP) is 1.38. The molecule has 0 aromatic carbocycles. The maximum Gasteiger partial charge on any atom is 0.254 e. The fourth-order valence-electron chi connectivity index (χ4n) is 2.01. The Hall–Kier alpha value is -0.180. The van der Waals surface area contributed by atoms with Gasteiger partial charge in [-0.05, 0) is 19.3 Å². The van der Waals surface area contributed by atoms with Crippen molar-refractivity contribution in [1.82, 2.24) is 0 Å². The summed E-state index contributed by atoms with van der Waals surface area (Å²) in [6.45, 7) is 0. The summed E-state index contributed by atoms with van der Waals surface area (Å²) in [5.74, 6) is -3.03. The van der Waals surface area contributed by atoms with Gasteiger partial charge in [0.25, 0.3) is 5.92 Å². The van der Waals surface area contributed by atoms with Gasteiger partial charge in [0.1, 0.15) is 0 Å². The van der Waals surface area contributed by atoms with E-state index < -0.39 is 5.92 Å². The molecule has 2 fully saturated rings. The van der Waals surface area contributed by atoms with E-state index in [0.717, 1.165) is 6.42 Å². The highest BCUT2D eigenvalue weighted by Gasteiger charge is 2.68. The van der Waals surface area contributed by atoms with E-state index in [1.807, 2.05) is 0 Å². The molecule has 0 heterocycles. The molecule has 2 aliphatic carbocycles. The van der Waals surface area contributed by atoms with Crippen LogP contribution in [0.25, 0.3) is 0 Å². The average Bonchev–Trinajstić information content (AvgIpc) is 2.36. The number of rotatable bonds is 0. The Morgan fingerprint density at radius 2 is 1.90 bits per heavy atom. The fraction of sp³-hybridized carbons (Fsp3) is 1.00. The highest BCUT2D eigenvalue weighted by molar-refractivity contribution is 5.08. The van der Waals surface area contributed by atoms with Gasteiger partial charge in [-0.3, -0.25) is 0 Å². The van der Waals surface area contributed by atoms with Gasteiger partial charge in [0, 0.05) is 17.9 Å². The summed E-state index contributed by atoms with van der Waals surface area (Å²) in [7, 11) is 0. The molecule has 0 unspecified atom stereocenters. The summed E-state index contributed by atoms with van der Waals surface area (Å²) in [6, 6.07) is 0.0367. The molecule has 3 heteroatoms. The number of halogens is 2. The Morgan fingerprint density at radius 3 is 2.40 bits per heavy atom. The second kappa shape index (κ2) is 1.70. The van der Waals surface area contributed by atoms with E-state index in [0.29, 0.717) is 12.8 Å². The van der Waals surface area contributed by atoms with Gasteiger partial charge in [-0.25, -0.2) is 8.78 Å². The molecule has 2 saturated carbocycles. The molecule has 2 rings (SSSR count). The Bertz CT molecular complexity index is 158. The van der Waals surface area contributed by atoms with Crippen LogP contribution in [-0.4, -0.2) is 12.0 Å². The topological polar surface area (TPSA) is 26.0 Å². The van der Waals surface area contributed by atoms with Crippen LogP contribution in [0.15, 0.2) is 0 Å². The molecule has 0 aliphatic heterocycles. The Kier molecular flexibility index (Phi) is 1.11. The van der Waals surface area contributed by atoms with E-state index in [4.69, 9.17) is 5.73 Å². The zero-order chi connectivity index (χ0) is 7.35. The lowest BCUT2D eigenvalue weighted by molar-refractivity contribution is 0.0848. The van der Waals surface area contributed by atoms with E-state index in [1.165, 1.54) is 0 Å². The van der Waals surface area contributed by atoms with Crippen molar-refractivity contribution in [2.45, 2.75) is 31.2 Å². The Balaban J connectivity index is 2.04. The third kappa shape index (κ3) is 0.698. The van der Waals surface area contributed by atoms with Crippen LogP contribution >= 0.6 is 0 Å². The van der Waals surface area contributed by atoms with Crippen molar-refractivity contribution >= 4 is 0 Å². The average molecular weight is 147 g/mol. The molecule has 10 heavy (non-hydrogen) atoms. The zero-order valence-electron chi connectivity index (χ0n) is 5.69. The number of hydrogen-bond donors (Lipinski definition) is 1. The van der Waals surface area contributed by atoms with Crippen molar-refractivity contribution in [1.29, 1.82) is 0 Å². The van der Waals surface area contributed by atoms with E-state index >= 15 is 0 Å². The number of fused-ring (bicyclic) bond motifs is 1. The van der Waals surface area contributed by atoms with Crippen molar-refractivity contribution < 1.29 is 8.78 Å². The molecule has 0 saturated heterocycles. The second-order valence-corrected chi connectivity index (χ2v) is 3.46. The van der Waals surface area contributed by atoms with Gasteiger partial charge < -0.3 is 5.73 Å².